The summed E-state index contributed by atoms with van der Waals surface area (Å²) in [6.07, 6.45) is 1.51. The quantitative estimate of drug-likeness (QED) is 0.334. The summed E-state index contributed by atoms with van der Waals surface area (Å²) in [6.45, 7) is 1.65. The summed E-state index contributed by atoms with van der Waals surface area (Å²) >= 11 is 5.91. The second kappa shape index (κ2) is 7.66. The van der Waals surface area contributed by atoms with E-state index in [-0.39, 0.29) is 16.8 Å². The number of rotatable bonds is 4. The van der Waals surface area contributed by atoms with Crippen LogP contribution in [0.4, 0.5) is 11.4 Å². The molecule has 0 aliphatic carbocycles. The van der Waals surface area contributed by atoms with Crippen LogP contribution >= 0.6 is 11.6 Å². The van der Waals surface area contributed by atoms with E-state index in [0.717, 1.165) is 0 Å². The molecule has 0 bridgehead atoms. The van der Waals surface area contributed by atoms with Crippen LogP contribution in [0.5, 0.6) is 0 Å². The van der Waals surface area contributed by atoms with E-state index in [0.29, 0.717) is 22.0 Å². The molecule has 142 valence electrons. The third-order valence-electron chi connectivity index (χ3n) is 4.29. The minimum absolute atomic E-state index is 0.0670. The third kappa shape index (κ3) is 3.52. The van der Waals surface area contributed by atoms with Crippen LogP contribution in [0, 0.1) is 10.1 Å². The second-order valence-corrected chi connectivity index (χ2v) is 6.41. The van der Waals surface area contributed by atoms with Gasteiger partial charge >= 0.3 is 5.97 Å². The highest BCUT2D eigenvalue weighted by molar-refractivity contribution is 6.30. The van der Waals surface area contributed by atoms with Crippen LogP contribution in [-0.2, 0) is 14.3 Å². The highest BCUT2D eigenvalue weighted by atomic mass is 35.5. The monoisotopic (exact) mass is 398 g/mol. The summed E-state index contributed by atoms with van der Waals surface area (Å²) in [6, 6.07) is 12.3. The molecule has 2 aromatic rings. The number of esters is 1. The van der Waals surface area contributed by atoms with Crippen molar-refractivity contribution < 1.29 is 19.2 Å². The summed E-state index contributed by atoms with van der Waals surface area (Å²) in [5, 5.41) is 11.3. The Morgan fingerprint density at radius 1 is 1.14 bits per heavy atom. The van der Waals surface area contributed by atoms with Gasteiger partial charge in [0.15, 0.2) is 0 Å². The third-order valence-corrected chi connectivity index (χ3v) is 4.54. The number of halogens is 1. The van der Waals surface area contributed by atoms with Crippen LogP contribution in [0.15, 0.2) is 65.4 Å². The van der Waals surface area contributed by atoms with E-state index < -0.39 is 16.8 Å². The van der Waals surface area contributed by atoms with E-state index >= 15 is 0 Å². The van der Waals surface area contributed by atoms with Crippen molar-refractivity contribution in [1.29, 1.82) is 0 Å². The minimum atomic E-state index is -0.643. The molecule has 0 atom stereocenters. The Labute approximate surface area is 165 Å². The molecule has 0 fully saturated rings. The lowest BCUT2D eigenvalue weighted by atomic mass is 10.0. The number of amides is 1. The molecule has 7 nitrogen and oxygen atoms in total. The molecule has 0 saturated carbocycles. The molecule has 0 radical (unpaired) electrons. The number of anilines is 1. The van der Waals surface area contributed by atoms with Crippen LogP contribution in [0.1, 0.15) is 12.5 Å². The number of nitro benzene ring substituents is 1. The number of nitro groups is 1. The molecule has 0 saturated heterocycles. The number of nitrogens with zero attached hydrogens (tertiary/aromatic N) is 2. The summed E-state index contributed by atoms with van der Waals surface area (Å²) in [5.41, 5.74) is 1.74. The first kappa shape index (κ1) is 19.3. The zero-order valence-corrected chi connectivity index (χ0v) is 15.8. The maximum atomic E-state index is 13.1. The van der Waals surface area contributed by atoms with E-state index in [9.17, 15) is 19.7 Å². The van der Waals surface area contributed by atoms with Crippen molar-refractivity contribution in [1.82, 2.24) is 0 Å². The van der Waals surface area contributed by atoms with E-state index in [1.165, 1.54) is 42.4 Å². The van der Waals surface area contributed by atoms with E-state index in [2.05, 4.69) is 0 Å². The molecule has 2 aromatic carbocycles. The molecule has 1 heterocycles. The number of hydrogen-bond acceptors (Lipinski definition) is 5. The van der Waals surface area contributed by atoms with Gasteiger partial charge in [-0.25, -0.2) is 4.79 Å². The fourth-order valence-electron chi connectivity index (χ4n) is 2.94. The van der Waals surface area contributed by atoms with Gasteiger partial charge in [-0.3, -0.25) is 19.8 Å². The highest BCUT2D eigenvalue weighted by Crippen LogP contribution is 2.35. The van der Waals surface area contributed by atoms with Crippen molar-refractivity contribution in [3.63, 3.8) is 0 Å². The number of hydrogen-bond donors (Lipinski definition) is 0. The fraction of sp³-hybridized carbons (Fsp3) is 0.100. The van der Waals surface area contributed by atoms with Gasteiger partial charge in [0.25, 0.3) is 11.6 Å². The van der Waals surface area contributed by atoms with Crippen LogP contribution in [0.3, 0.4) is 0 Å². The maximum absolute atomic E-state index is 13.1. The lowest BCUT2D eigenvalue weighted by molar-refractivity contribution is -0.384. The Hall–Kier alpha value is -3.45. The van der Waals surface area contributed by atoms with Gasteiger partial charge in [0.2, 0.25) is 0 Å². The van der Waals surface area contributed by atoms with Gasteiger partial charge < -0.3 is 4.74 Å². The zero-order chi connectivity index (χ0) is 20.4. The number of carbonyl (C=O) groups excluding carboxylic acids is 2. The maximum Gasteiger partial charge on any atom is 0.340 e. The molecule has 1 aliphatic heterocycles. The molecule has 0 aromatic heterocycles. The Morgan fingerprint density at radius 3 is 2.29 bits per heavy atom. The van der Waals surface area contributed by atoms with Gasteiger partial charge in [-0.2, -0.15) is 0 Å². The van der Waals surface area contributed by atoms with Crippen molar-refractivity contribution in [3.8, 4) is 0 Å². The predicted molar refractivity (Wildman–Crippen MR) is 105 cm³/mol. The van der Waals surface area contributed by atoms with Crippen LogP contribution in [0.2, 0.25) is 5.02 Å². The second-order valence-electron chi connectivity index (χ2n) is 5.98. The Bertz CT molecular complexity index is 1020. The summed E-state index contributed by atoms with van der Waals surface area (Å²) in [4.78, 5) is 37.1. The highest BCUT2D eigenvalue weighted by Gasteiger charge is 2.37. The molecule has 8 heteroatoms. The van der Waals surface area contributed by atoms with Gasteiger partial charge in [0.1, 0.15) is 0 Å². The van der Waals surface area contributed by atoms with Crippen molar-refractivity contribution in [2.75, 3.05) is 12.0 Å². The van der Waals surface area contributed by atoms with Gasteiger partial charge in [0, 0.05) is 28.5 Å². The number of benzene rings is 2. The molecular weight excluding hydrogens is 384 g/mol. The first-order chi connectivity index (χ1) is 13.3. The van der Waals surface area contributed by atoms with Crippen LogP contribution in [-0.4, -0.2) is 23.9 Å². The Morgan fingerprint density at radius 2 is 1.75 bits per heavy atom. The zero-order valence-electron chi connectivity index (χ0n) is 15.0. The number of allylic oxidation sites excluding steroid dienone is 1. The average molecular weight is 399 g/mol. The van der Waals surface area contributed by atoms with Gasteiger partial charge in [-0.15, -0.1) is 0 Å². The minimum Gasteiger partial charge on any atom is -0.465 e. The van der Waals surface area contributed by atoms with Crippen LogP contribution in [0.25, 0.3) is 6.08 Å². The molecule has 0 N–H and O–H groups in total. The normalized spacial score (nSPS) is 15.3. The average Bonchev–Trinajstić information content (AvgIpc) is 2.92. The summed E-state index contributed by atoms with van der Waals surface area (Å²) < 4.78 is 4.85. The van der Waals surface area contributed by atoms with E-state index in [1.807, 2.05) is 0 Å². The smallest absolute Gasteiger partial charge is 0.340 e. The summed E-state index contributed by atoms with van der Waals surface area (Å²) in [7, 11) is 1.24. The first-order valence-electron chi connectivity index (χ1n) is 8.19. The Kier molecular flexibility index (Phi) is 5.28. The number of ether oxygens (including phenoxy) is 1. The standard InChI is InChI=1S/C20H15ClN2O5/c1-12-18(20(25)28-2)17(11-13-3-7-16(8-4-13)23(26)27)19(24)22(12)15-9-5-14(21)6-10-15/h3-11H,1-2H3/b17-11-. The molecule has 1 amide bonds. The molecular formula is C20H15ClN2O5. The fourth-order valence-corrected chi connectivity index (χ4v) is 3.07. The molecule has 1 aliphatic rings. The van der Waals surface area contributed by atoms with Gasteiger partial charge in [0.05, 0.1) is 23.2 Å². The Balaban J connectivity index is 2.08. The largest absolute Gasteiger partial charge is 0.465 e. The first-order valence-corrected chi connectivity index (χ1v) is 8.57. The predicted octanol–water partition coefficient (Wildman–Crippen LogP) is 4.13. The lowest BCUT2D eigenvalue weighted by Gasteiger charge is -2.17. The molecule has 28 heavy (non-hydrogen) atoms. The lowest BCUT2D eigenvalue weighted by Crippen LogP contribution is -2.24. The SMILES string of the molecule is COC(=O)C1=C(C)N(c2ccc(Cl)cc2)C(=O)/C1=C\c1ccc([N+](=O)[O-])cc1. The van der Waals surface area contributed by atoms with Crippen molar-refractivity contribution in [3.05, 3.63) is 86.1 Å². The number of non-ortho nitro benzene ring substituents is 1. The molecule has 3 rings (SSSR count). The van der Waals surface area contributed by atoms with Gasteiger partial charge in [-0.1, -0.05) is 11.6 Å². The topological polar surface area (TPSA) is 89.8 Å². The van der Waals surface area contributed by atoms with Gasteiger partial charge in [-0.05, 0) is 55.0 Å². The van der Waals surface area contributed by atoms with E-state index in [1.54, 1.807) is 31.2 Å². The number of methoxy groups -OCH3 is 1. The van der Waals surface area contributed by atoms with Crippen molar-refractivity contribution in [2.24, 2.45) is 0 Å². The van der Waals surface area contributed by atoms with Crippen molar-refractivity contribution in [2.45, 2.75) is 6.92 Å². The van der Waals surface area contributed by atoms with E-state index in [4.69, 9.17) is 16.3 Å². The molecule has 0 unspecified atom stereocenters. The summed E-state index contributed by atoms with van der Waals surface area (Å²) in [5.74, 6) is -1.05. The molecule has 0 spiro atoms. The number of carbonyl (C=O) groups is 2. The van der Waals surface area contributed by atoms with Crippen LogP contribution < -0.4 is 4.90 Å². The van der Waals surface area contributed by atoms with Crippen molar-refractivity contribution >= 4 is 40.9 Å².